The van der Waals surface area contributed by atoms with E-state index in [1.54, 1.807) is 0 Å². The third-order valence-electron chi connectivity index (χ3n) is 2.16. The molecule has 0 heterocycles. The van der Waals surface area contributed by atoms with Gasteiger partial charge in [0.05, 0.1) is 0 Å². The molecule has 0 aliphatic heterocycles. The van der Waals surface area contributed by atoms with E-state index in [0.29, 0.717) is 12.5 Å². The zero-order valence-corrected chi connectivity index (χ0v) is 7.43. The van der Waals surface area contributed by atoms with E-state index in [-0.39, 0.29) is 0 Å². The Balaban J connectivity index is 3.17. The lowest BCUT2D eigenvalue weighted by Gasteiger charge is -2.11. The van der Waals surface area contributed by atoms with Gasteiger partial charge in [-0.05, 0) is 18.3 Å². The summed E-state index contributed by atoms with van der Waals surface area (Å²) in [6.07, 6.45) is 3.70. The quantitative estimate of drug-likeness (QED) is 0.628. The molecule has 0 aliphatic rings. The monoisotopic (exact) mass is 144 g/mol. The molecule has 0 bridgehead atoms. The Morgan fingerprint density at radius 2 is 1.60 bits per heavy atom. The Bertz CT molecular complexity index is 61.1. The smallest absolute Gasteiger partial charge is 0.0456 e. The molecule has 0 spiro atoms. The molecule has 1 N–H and O–H groups in total. The van der Waals surface area contributed by atoms with Crippen molar-refractivity contribution in [1.82, 2.24) is 0 Å². The fraction of sp³-hybridized carbons (Fsp3) is 1.00. The van der Waals surface area contributed by atoms with Crippen molar-refractivity contribution in [2.24, 2.45) is 11.8 Å². The summed E-state index contributed by atoms with van der Waals surface area (Å²) >= 11 is 0. The molecule has 0 fully saturated rings. The molecule has 1 unspecified atom stereocenters. The molecule has 0 aliphatic carbocycles. The largest absolute Gasteiger partial charge is 0.396 e. The molecular weight excluding hydrogens is 124 g/mol. The fourth-order valence-corrected chi connectivity index (χ4v) is 0.864. The van der Waals surface area contributed by atoms with Crippen LogP contribution in [0.4, 0.5) is 0 Å². The first kappa shape index (κ1) is 9.96. The minimum Gasteiger partial charge on any atom is -0.396 e. The molecule has 0 saturated heterocycles. The molecule has 1 heteroatoms. The lowest BCUT2D eigenvalue weighted by atomic mass is 9.97. The Morgan fingerprint density at radius 3 is 2.00 bits per heavy atom. The van der Waals surface area contributed by atoms with Gasteiger partial charge in [0.15, 0.2) is 0 Å². The van der Waals surface area contributed by atoms with Crippen molar-refractivity contribution in [1.29, 1.82) is 0 Å². The number of hydrogen-bond donors (Lipinski definition) is 1. The van der Waals surface area contributed by atoms with Crippen molar-refractivity contribution in [2.45, 2.75) is 40.0 Å². The van der Waals surface area contributed by atoms with Crippen molar-refractivity contribution in [3.8, 4) is 0 Å². The van der Waals surface area contributed by atoms with E-state index in [1.165, 1.54) is 19.3 Å². The molecule has 62 valence electrons. The fourth-order valence-electron chi connectivity index (χ4n) is 0.864. The molecule has 0 radical (unpaired) electrons. The topological polar surface area (TPSA) is 20.2 Å². The van der Waals surface area contributed by atoms with Gasteiger partial charge in [0.25, 0.3) is 0 Å². The summed E-state index contributed by atoms with van der Waals surface area (Å²) in [5.41, 5.74) is 0. The molecule has 0 saturated carbocycles. The van der Waals surface area contributed by atoms with Crippen LogP contribution in [0.3, 0.4) is 0 Å². The van der Waals surface area contributed by atoms with Crippen LogP contribution in [0.2, 0.25) is 0 Å². The van der Waals surface area contributed by atoms with Crippen LogP contribution in [0.25, 0.3) is 0 Å². The molecule has 0 amide bonds. The standard InChI is InChI=1S/C9H20O/c1-4-8(2)5-6-9(3)7-10/h8-10H,4-7H2,1-3H3/t8-,9?/m0/s1. The zero-order valence-electron chi connectivity index (χ0n) is 7.43. The Labute approximate surface area is 64.5 Å². The minimum absolute atomic E-state index is 0.344. The highest BCUT2D eigenvalue weighted by Crippen LogP contribution is 2.13. The number of rotatable bonds is 5. The van der Waals surface area contributed by atoms with E-state index in [9.17, 15) is 0 Å². The lowest BCUT2D eigenvalue weighted by molar-refractivity contribution is 0.222. The van der Waals surface area contributed by atoms with Crippen molar-refractivity contribution in [2.75, 3.05) is 6.61 Å². The van der Waals surface area contributed by atoms with Gasteiger partial charge in [0, 0.05) is 6.61 Å². The molecule has 10 heavy (non-hydrogen) atoms. The normalized spacial score (nSPS) is 16.8. The predicted molar refractivity (Wildman–Crippen MR) is 44.9 cm³/mol. The zero-order chi connectivity index (χ0) is 7.98. The maximum absolute atomic E-state index is 8.72. The average molecular weight is 144 g/mol. The SMILES string of the molecule is CC[C@H](C)CCC(C)CO. The average Bonchev–Trinajstić information content (AvgIpc) is 1.99. The van der Waals surface area contributed by atoms with Crippen LogP contribution in [0.1, 0.15) is 40.0 Å². The molecule has 0 rings (SSSR count). The maximum atomic E-state index is 8.72. The summed E-state index contributed by atoms with van der Waals surface area (Å²) in [4.78, 5) is 0. The second-order valence-corrected chi connectivity index (χ2v) is 3.38. The first-order chi connectivity index (χ1) is 4.70. The summed E-state index contributed by atoms with van der Waals surface area (Å²) in [6.45, 7) is 6.93. The van der Waals surface area contributed by atoms with Gasteiger partial charge in [-0.15, -0.1) is 0 Å². The van der Waals surface area contributed by atoms with Gasteiger partial charge < -0.3 is 5.11 Å². The Hall–Kier alpha value is -0.0400. The maximum Gasteiger partial charge on any atom is 0.0456 e. The summed E-state index contributed by atoms with van der Waals surface area (Å²) in [5.74, 6) is 1.32. The van der Waals surface area contributed by atoms with Crippen molar-refractivity contribution in [3.05, 3.63) is 0 Å². The highest BCUT2D eigenvalue weighted by atomic mass is 16.3. The van der Waals surface area contributed by atoms with Crippen molar-refractivity contribution >= 4 is 0 Å². The van der Waals surface area contributed by atoms with Gasteiger partial charge in [-0.1, -0.05) is 33.6 Å². The van der Waals surface area contributed by atoms with E-state index >= 15 is 0 Å². The van der Waals surface area contributed by atoms with Crippen molar-refractivity contribution < 1.29 is 5.11 Å². The van der Waals surface area contributed by atoms with Crippen LogP contribution in [-0.4, -0.2) is 11.7 Å². The highest BCUT2D eigenvalue weighted by molar-refractivity contribution is 4.55. The molecule has 0 aromatic heterocycles. The first-order valence-electron chi connectivity index (χ1n) is 4.31. The molecule has 0 aromatic carbocycles. The third kappa shape index (κ3) is 4.80. The van der Waals surface area contributed by atoms with E-state index in [4.69, 9.17) is 5.11 Å². The number of hydrogen-bond acceptors (Lipinski definition) is 1. The summed E-state index contributed by atoms with van der Waals surface area (Å²) < 4.78 is 0. The van der Waals surface area contributed by atoms with Gasteiger partial charge in [-0.25, -0.2) is 0 Å². The van der Waals surface area contributed by atoms with Gasteiger partial charge in [0.2, 0.25) is 0 Å². The first-order valence-corrected chi connectivity index (χ1v) is 4.31. The molecule has 0 aromatic rings. The Morgan fingerprint density at radius 1 is 1.10 bits per heavy atom. The van der Waals surface area contributed by atoms with E-state index < -0.39 is 0 Å². The van der Waals surface area contributed by atoms with Crippen LogP contribution < -0.4 is 0 Å². The van der Waals surface area contributed by atoms with Gasteiger partial charge in [-0.2, -0.15) is 0 Å². The van der Waals surface area contributed by atoms with Gasteiger partial charge >= 0.3 is 0 Å². The molecular formula is C9H20O. The summed E-state index contributed by atoms with van der Waals surface area (Å²) in [5, 5.41) is 8.72. The van der Waals surface area contributed by atoms with Gasteiger partial charge in [-0.3, -0.25) is 0 Å². The van der Waals surface area contributed by atoms with Crippen LogP contribution in [-0.2, 0) is 0 Å². The van der Waals surface area contributed by atoms with Crippen molar-refractivity contribution in [3.63, 3.8) is 0 Å². The third-order valence-corrected chi connectivity index (χ3v) is 2.16. The Kier molecular flexibility index (Phi) is 5.70. The molecule has 2 atom stereocenters. The second-order valence-electron chi connectivity index (χ2n) is 3.38. The van der Waals surface area contributed by atoms with Crippen LogP contribution in [0, 0.1) is 11.8 Å². The van der Waals surface area contributed by atoms with E-state index in [1.807, 2.05) is 0 Å². The van der Waals surface area contributed by atoms with Crippen LogP contribution in [0.15, 0.2) is 0 Å². The van der Waals surface area contributed by atoms with Gasteiger partial charge in [0.1, 0.15) is 0 Å². The van der Waals surface area contributed by atoms with Crippen LogP contribution >= 0.6 is 0 Å². The van der Waals surface area contributed by atoms with E-state index in [2.05, 4.69) is 20.8 Å². The van der Waals surface area contributed by atoms with Crippen LogP contribution in [0.5, 0.6) is 0 Å². The second kappa shape index (κ2) is 5.72. The number of aliphatic hydroxyl groups is 1. The summed E-state index contributed by atoms with van der Waals surface area (Å²) in [6, 6.07) is 0. The minimum atomic E-state index is 0.344. The highest BCUT2D eigenvalue weighted by Gasteiger charge is 2.02. The lowest BCUT2D eigenvalue weighted by Crippen LogP contribution is -2.03. The van der Waals surface area contributed by atoms with E-state index in [0.717, 1.165) is 5.92 Å². The number of aliphatic hydroxyl groups excluding tert-OH is 1. The predicted octanol–water partition coefficient (Wildman–Crippen LogP) is 2.44. The molecule has 1 nitrogen and oxygen atoms in total. The summed E-state index contributed by atoms with van der Waals surface area (Å²) in [7, 11) is 0.